The molecular weight excluding hydrogens is 469 g/mol. The van der Waals surface area contributed by atoms with Crippen LogP contribution in [0.1, 0.15) is 50.0 Å². The first kappa shape index (κ1) is 27.8. The average Bonchev–Trinajstić information content (AvgIpc) is 3.33. The maximum atomic E-state index is 12.5. The SMILES string of the molecule is C=[P+](C)CC(CCC(Cc1ccccc1)NC(=O)OC(CC)CC)NC(=O)OCc1cncs1. The molecule has 0 fully saturated rings. The van der Waals surface area contributed by atoms with Crippen molar-refractivity contribution < 1.29 is 19.1 Å². The number of thiazole rings is 1. The predicted octanol–water partition coefficient (Wildman–Crippen LogP) is 5.59. The molecule has 0 aliphatic heterocycles. The summed E-state index contributed by atoms with van der Waals surface area (Å²) in [6.45, 7) is 6.30. The van der Waals surface area contributed by atoms with Gasteiger partial charge < -0.3 is 20.1 Å². The molecule has 0 saturated heterocycles. The Labute approximate surface area is 208 Å². The van der Waals surface area contributed by atoms with Gasteiger partial charge in [-0.25, -0.2) is 9.59 Å². The molecule has 9 heteroatoms. The molecule has 2 N–H and O–H groups in total. The Kier molecular flexibility index (Phi) is 12.6. The molecule has 0 aliphatic carbocycles. The van der Waals surface area contributed by atoms with Gasteiger partial charge in [0.1, 0.15) is 18.9 Å². The van der Waals surface area contributed by atoms with Gasteiger partial charge in [0.2, 0.25) is 0 Å². The van der Waals surface area contributed by atoms with Crippen LogP contribution >= 0.6 is 18.9 Å². The molecule has 3 atom stereocenters. The van der Waals surface area contributed by atoms with Crippen molar-refractivity contribution in [2.45, 2.75) is 70.7 Å². The van der Waals surface area contributed by atoms with E-state index >= 15 is 0 Å². The van der Waals surface area contributed by atoms with E-state index in [0.717, 1.165) is 29.4 Å². The van der Waals surface area contributed by atoms with Crippen molar-refractivity contribution in [3.63, 3.8) is 0 Å². The smallest absolute Gasteiger partial charge is 0.407 e. The first-order valence-corrected chi connectivity index (χ1v) is 14.8. The Balaban J connectivity index is 1.97. The Bertz CT molecular complexity index is 876. The second kappa shape index (κ2) is 15.5. The highest BCUT2D eigenvalue weighted by Crippen LogP contribution is 2.19. The summed E-state index contributed by atoms with van der Waals surface area (Å²) in [5.41, 5.74) is 2.85. The maximum absolute atomic E-state index is 12.5. The van der Waals surface area contributed by atoms with Crippen molar-refractivity contribution >= 4 is 37.4 Å². The summed E-state index contributed by atoms with van der Waals surface area (Å²) in [6.07, 6.45) is 9.33. The number of carbonyl (C=O) groups excluding carboxylic acids is 2. The zero-order valence-electron chi connectivity index (χ0n) is 20.4. The molecule has 0 radical (unpaired) electrons. The maximum Gasteiger partial charge on any atom is 0.407 e. The van der Waals surface area contributed by atoms with Crippen molar-refractivity contribution in [3.05, 3.63) is 52.5 Å². The third-order valence-corrected chi connectivity index (χ3v) is 7.20. The summed E-state index contributed by atoms with van der Waals surface area (Å²) in [5.74, 6) is 0. The Hall–Kier alpha value is -2.44. The molecule has 1 aromatic carbocycles. The van der Waals surface area contributed by atoms with Crippen LogP contribution in [0, 0.1) is 0 Å². The first-order chi connectivity index (χ1) is 16.4. The summed E-state index contributed by atoms with van der Waals surface area (Å²) < 4.78 is 10.9. The summed E-state index contributed by atoms with van der Waals surface area (Å²) in [6, 6.07) is 9.86. The van der Waals surface area contributed by atoms with Gasteiger partial charge in [0.05, 0.1) is 36.9 Å². The quantitative estimate of drug-likeness (QED) is 0.326. The molecule has 0 spiro atoms. The molecule has 1 aromatic heterocycles. The lowest BCUT2D eigenvalue weighted by atomic mass is 10.00. The molecule has 1 heterocycles. The van der Waals surface area contributed by atoms with E-state index in [9.17, 15) is 9.59 Å². The second-order valence-corrected chi connectivity index (χ2v) is 11.4. The van der Waals surface area contributed by atoms with Gasteiger partial charge in [-0.1, -0.05) is 44.2 Å². The number of amides is 2. The third-order valence-electron chi connectivity index (χ3n) is 5.38. The van der Waals surface area contributed by atoms with Gasteiger partial charge in [-0.15, -0.1) is 11.3 Å². The molecule has 186 valence electrons. The number of rotatable bonds is 14. The average molecular weight is 507 g/mol. The van der Waals surface area contributed by atoms with Crippen molar-refractivity contribution in [2.24, 2.45) is 0 Å². The molecule has 2 rings (SSSR count). The number of hydrogen-bond acceptors (Lipinski definition) is 6. The minimum absolute atomic E-state index is 0.0855. The fourth-order valence-corrected chi connectivity index (χ4v) is 5.11. The third kappa shape index (κ3) is 11.1. The van der Waals surface area contributed by atoms with E-state index in [-0.39, 0.29) is 24.8 Å². The number of nitrogens with zero attached hydrogens (tertiary/aromatic N) is 1. The first-order valence-electron chi connectivity index (χ1n) is 11.7. The number of aromatic nitrogens is 1. The minimum atomic E-state index is -0.468. The van der Waals surface area contributed by atoms with Gasteiger partial charge in [-0.3, -0.25) is 4.98 Å². The highest BCUT2D eigenvalue weighted by molar-refractivity contribution is 7.55. The van der Waals surface area contributed by atoms with Crippen molar-refractivity contribution in [3.8, 4) is 0 Å². The Morgan fingerprint density at radius 2 is 1.76 bits per heavy atom. The number of benzene rings is 1. The number of nitrogens with one attached hydrogen (secondary N) is 2. The van der Waals surface area contributed by atoms with Crippen LogP contribution in [0.15, 0.2) is 42.0 Å². The van der Waals surface area contributed by atoms with E-state index in [4.69, 9.17) is 9.47 Å². The lowest BCUT2D eigenvalue weighted by Gasteiger charge is -2.23. The van der Waals surface area contributed by atoms with Crippen LogP contribution in [0.2, 0.25) is 0 Å². The van der Waals surface area contributed by atoms with Crippen LogP contribution in [0.3, 0.4) is 0 Å². The summed E-state index contributed by atoms with van der Waals surface area (Å²) >= 11 is 1.45. The molecule has 0 saturated carbocycles. The highest BCUT2D eigenvalue weighted by atomic mass is 32.1. The van der Waals surface area contributed by atoms with Crippen LogP contribution < -0.4 is 10.6 Å². The van der Waals surface area contributed by atoms with Crippen LogP contribution in [0.4, 0.5) is 9.59 Å². The summed E-state index contributed by atoms with van der Waals surface area (Å²) in [5, 5.41) is 6.04. The number of ether oxygens (including phenoxy) is 2. The molecule has 0 bridgehead atoms. The lowest BCUT2D eigenvalue weighted by molar-refractivity contribution is 0.0893. The second-order valence-electron chi connectivity index (χ2n) is 8.38. The van der Waals surface area contributed by atoms with Gasteiger partial charge in [0.15, 0.2) is 0 Å². The van der Waals surface area contributed by atoms with E-state index < -0.39 is 19.7 Å². The number of carbonyl (C=O) groups is 2. The molecule has 0 aliphatic rings. The number of hydrogen-bond donors (Lipinski definition) is 2. The van der Waals surface area contributed by atoms with E-state index in [0.29, 0.717) is 19.3 Å². The number of alkyl carbamates (subject to hydrolysis) is 2. The zero-order chi connectivity index (χ0) is 24.8. The molecule has 2 amide bonds. The Morgan fingerprint density at radius 3 is 2.38 bits per heavy atom. The molecular formula is C25H37N3O4PS+. The monoisotopic (exact) mass is 506 g/mol. The standard InChI is InChI=1S/C25H36N3O4PS/c1-5-22(6-2)32-25(30)27-20(14-19-10-8-7-9-11-19)12-13-21(17-33(3)4)28-24(29)31-16-23-15-26-18-34-23/h7-11,15,18,20-22H,3,5-6,12-14,16-17H2,1-2,4H3,(H-,27,28,29,30)/p+1. The topological polar surface area (TPSA) is 89.6 Å². The normalized spacial score (nSPS) is 13.1. The van der Waals surface area contributed by atoms with E-state index in [1.807, 2.05) is 32.0 Å². The molecule has 3 unspecified atom stereocenters. The molecule has 7 nitrogen and oxygen atoms in total. The summed E-state index contributed by atoms with van der Waals surface area (Å²) in [4.78, 5) is 29.8. The van der Waals surface area contributed by atoms with Crippen molar-refractivity contribution in [2.75, 3.05) is 12.8 Å². The van der Waals surface area contributed by atoms with Gasteiger partial charge in [0, 0.05) is 12.2 Å². The lowest BCUT2D eigenvalue weighted by Crippen LogP contribution is -2.41. The van der Waals surface area contributed by atoms with Crippen molar-refractivity contribution in [1.82, 2.24) is 15.6 Å². The largest absolute Gasteiger partial charge is 0.446 e. The van der Waals surface area contributed by atoms with Gasteiger partial charge >= 0.3 is 12.2 Å². The summed E-state index contributed by atoms with van der Waals surface area (Å²) in [7, 11) is -0.468. The van der Waals surface area contributed by atoms with Crippen LogP contribution in [0.5, 0.6) is 0 Å². The van der Waals surface area contributed by atoms with Gasteiger partial charge in [-0.05, 0) is 37.7 Å². The molecule has 2 aromatic rings. The van der Waals surface area contributed by atoms with Gasteiger partial charge in [-0.2, -0.15) is 0 Å². The highest BCUT2D eigenvalue weighted by Gasteiger charge is 2.22. The van der Waals surface area contributed by atoms with E-state index in [1.54, 1.807) is 11.7 Å². The van der Waals surface area contributed by atoms with E-state index in [2.05, 4.69) is 40.7 Å². The van der Waals surface area contributed by atoms with E-state index in [1.165, 1.54) is 11.3 Å². The van der Waals surface area contributed by atoms with Crippen LogP contribution in [-0.2, 0) is 22.5 Å². The zero-order valence-corrected chi connectivity index (χ0v) is 22.1. The van der Waals surface area contributed by atoms with Crippen molar-refractivity contribution in [1.29, 1.82) is 0 Å². The van der Waals surface area contributed by atoms with Crippen LogP contribution in [0.25, 0.3) is 0 Å². The van der Waals surface area contributed by atoms with Gasteiger partial charge in [0.25, 0.3) is 0 Å². The van der Waals surface area contributed by atoms with Crippen LogP contribution in [-0.4, -0.2) is 54.5 Å². The Morgan fingerprint density at radius 1 is 1.09 bits per heavy atom. The fourth-order valence-electron chi connectivity index (χ4n) is 3.58. The molecule has 34 heavy (non-hydrogen) atoms. The minimum Gasteiger partial charge on any atom is -0.446 e. The predicted molar refractivity (Wildman–Crippen MR) is 141 cm³/mol. The fraction of sp³-hybridized carbons (Fsp3) is 0.520.